The summed E-state index contributed by atoms with van der Waals surface area (Å²) >= 11 is 3.45. The molecule has 0 atom stereocenters. The van der Waals surface area contributed by atoms with E-state index in [9.17, 15) is 0 Å². The summed E-state index contributed by atoms with van der Waals surface area (Å²) in [5.74, 6) is 0. The molecule has 0 radical (unpaired) electrons. The van der Waals surface area contributed by atoms with E-state index in [1.54, 1.807) is 6.20 Å². The lowest BCUT2D eigenvalue weighted by Crippen LogP contribution is -2.13. The summed E-state index contributed by atoms with van der Waals surface area (Å²) in [7, 11) is 1.98. The summed E-state index contributed by atoms with van der Waals surface area (Å²) < 4.78 is 1.07. The van der Waals surface area contributed by atoms with Crippen molar-refractivity contribution in [1.29, 1.82) is 0 Å². The molecule has 0 unspecified atom stereocenters. The number of pyridine rings is 1. The second kappa shape index (κ2) is 3.22. The Morgan fingerprint density at radius 1 is 1.73 bits per heavy atom. The monoisotopic (exact) mass is 209 g/mol. The molecule has 11 heavy (non-hydrogen) atoms. The normalized spacial score (nSPS) is 9.64. The zero-order valence-corrected chi connectivity index (χ0v) is 8.27. The van der Waals surface area contributed by atoms with Crippen molar-refractivity contribution >= 4 is 34.9 Å². The summed E-state index contributed by atoms with van der Waals surface area (Å²) in [6, 6.07) is 1.93. The maximum atomic E-state index is 4.17. The van der Waals surface area contributed by atoms with Crippen molar-refractivity contribution in [1.82, 2.24) is 4.98 Å². The molecule has 0 spiro atoms. The summed E-state index contributed by atoms with van der Waals surface area (Å²) in [6.07, 6.45) is 1.78. The summed E-state index contributed by atoms with van der Waals surface area (Å²) in [6.45, 7) is 5.86. The topological polar surface area (TPSA) is 12.9 Å². The Hall–Kier alpha value is -0.565. The molecule has 0 saturated carbocycles. The van der Waals surface area contributed by atoms with Crippen molar-refractivity contribution in [3.05, 3.63) is 28.9 Å². The molecule has 0 aliphatic carbocycles. The third kappa shape index (κ3) is 1.72. The highest BCUT2D eigenvalue weighted by Gasteiger charge is 2.03. The van der Waals surface area contributed by atoms with Gasteiger partial charge in [0.2, 0.25) is 0 Å². The van der Waals surface area contributed by atoms with Crippen LogP contribution in [0.15, 0.2) is 23.3 Å². The number of rotatable bonds is 1. The highest BCUT2D eigenvalue weighted by molar-refractivity contribution is 9.10. The van der Waals surface area contributed by atoms with E-state index in [1.807, 2.05) is 20.8 Å². The van der Waals surface area contributed by atoms with Gasteiger partial charge in [-0.05, 0) is 18.6 Å². The molecular weight excluding hydrogens is 201 g/mol. The molecule has 0 fully saturated rings. The molecule has 1 heterocycles. The number of aromatic nitrogens is 1. The van der Waals surface area contributed by atoms with Crippen molar-refractivity contribution in [2.75, 3.05) is 0 Å². The quantitative estimate of drug-likeness (QED) is 0.633. The first-order valence-corrected chi connectivity index (χ1v) is 4.19. The van der Waals surface area contributed by atoms with E-state index in [0.717, 1.165) is 21.2 Å². The number of hydrogen-bond acceptors (Lipinski definition) is 1. The predicted molar refractivity (Wildman–Crippen MR) is 54.8 cm³/mol. The van der Waals surface area contributed by atoms with Crippen LogP contribution in [0.2, 0.25) is 0 Å². The largest absolute Gasteiger partial charge is 0.271 e. The average molecular weight is 210 g/mol. The van der Waals surface area contributed by atoms with Crippen LogP contribution in [0, 0.1) is 0 Å². The van der Waals surface area contributed by atoms with Crippen molar-refractivity contribution in [2.45, 2.75) is 6.92 Å². The second-order valence-corrected chi connectivity index (χ2v) is 3.39. The molecule has 0 aliphatic rings. The predicted octanol–water partition coefficient (Wildman–Crippen LogP) is 1.14. The Kier molecular flexibility index (Phi) is 2.50. The molecule has 1 rings (SSSR count). The lowest BCUT2D eigenvalue weighted by atomic mass is 9.94. The van der Waals surface area contributed by atoms with Gasteiger partial charge in [0.1, 0.15) is 0 Å². The van der Waals surface area contributed by atoms with E-state index in [4.69, 9.17) is 0 Å². The Morgan fingerprint density at radius 2 is 2.36 bits per heavy atom. The Bertz CT molecular complexity index is 276. The van der Waals surface area contributed by atoms with Crippen molar-refractivity contribution in [2.24, 2.45) is 0 Å². The van der Waals surface area contributed by atoms with Gasteiger partial charge in [-0.25, -0.2) is 0 Å². The average Bonchev–Trinajstić information content (AvgIpc) is 1.85. The Labute approximate surface area is 76.1 Å². The van der Waals surface area contributed by atoms with E-state index >= 15 is 0 Å². The van der Waals surface area contributed by atoms with Crippen LogP contribution in [0.3, 0.4) is 0 Å². The molecule has 1 nitrogen and oxygen atoms in total. The molecule has 1 aromatic rings. The third-order valence-electron chi connectivity index (χ3n) is 1.52. The van der Waals surface area contributed by atoms with Gasteiger partial charge in [-0.15, -0.1) is 0 Å². The molecular formula is C8H9BBrN. The van der Waals surface area contributed by atoms with Gasteiger partial charge in [-0.1, -0.05) is 22.5 Å². The summed E-state index contributed by atoms with van der Waals surface area (Å²) in [4.78, 5) is 4.17. The van der Waals surface area contributed by atoms with E-state index < -0.39 is 0 Å². The first-order chi connectivity index (χ1) is 5.13. The van der Waals surface area contributed by atoms with E-state index in [2.05, 4.69) is 27.5 Å². The Balaban J connectivity index is 3.32. The van der Waals surface area contributed by atoms with Gasteiger partial charge in [-0.2, -0.15) is 0 Å². The van der Waals surface area contributed by atoms with Crippen molar-refractivity contribution in [3.63, 3.8) is 0 Å². The molecule has 3 heteroatoms. The highest BCUT2D eigenvalue weighted by Crippen LogP contribution is 2.18. The SMILES string of the molecule is Bc1nccc(Br)c1C(=C)C. The second-order valence-electron chi connectivity index (χ2n) is 2.53. The zero-order valence-electron chi connectivity index (χ0n) is 6.69. The van der Waals surface area contributed by atoms with Crippen LogP contribution < -0.4 is 5.59 Å². The fourth-order valence-corrected chi connectivity index (χ4v) is 1.79. The first-order valence-electron chi connectivity index (χ1n) is 3.40. The maximum Gasteiger partial charge on any atom is 0.164 e. The molecule has 0 amide bonds. The van der Waals surface area contributed by atoms with Gasteiger partial charge in [0.05, 0.1) is 0 Å². The van der Waals surface area contributed by atoms with Crippen molar-refractivity contribution < 1.29 is 0 Å². The third-order valence-corrected chi connectivity index (χ3v) is 2.18. The number of allylic oxidation sites excluding steroid dienone is 1. The summed E-state index contributed by atoms with van der Waals surface area (Å²) in [5, 5.41) is 0. The van der Waals surface area contributed by atoms with Crippen LogP contribution in [0.25, 0.3) is 5.57 Å². The lowest BCUT2D eigenvalue weighted by Gasteiger charge is -2.05. The highest BCUT2D eigenvalue weighted by atomic mass is 79.9. The van der Waals surface area contributed by atoms with E-state index in [-0.39, 0.29) is 0 Å². The van der Waals surface area contributed by atoms with Crippen LogP contribution in [0.4, 0.5) is 0 Å². The lowest BCUT2D eigenvalue weighted by molar-refractivity contribution is 1.35. The van der Waals surface area contributed by atoms with Gasteiger partial charge in [0.25, 0.3) is 0 Å². The fourth-order valence-electron chi connectivity index (χ4n) is 1.05. The van der Waals surface area contributed by atoms with Crippen LogP contribution in [-0.4, -0.2) is 12.8 Å². The zero-order chi connectivity index (χ0) is 8.43. The molecule has 0 aliphatic heterocycles. The number of nitrogens with zero attached hydrogens (tertiary/aromatic N) is 1. The van der Waals surface area contributed by atoms with Gasteiger partial charge in [0.15, 0.2) is 7.85 Å². The van der Waals surface area contributed by atoms with Gasteiger partial charge < -0.3 is 0 Å². The van der Waals surface area contributed by atoms with E-state index in [0.29, 0.717) is 0 Å². The number of hydrogen-bond donors (Lipinski definition) is 0. The number of halogens is 1. The van der Waals surface area contributed by atoms with Gasteiger partial charge >= 0.3 is 0 Å². The fraction of sp³-hybridized carbons (Fsp3) is 0.125. The molecule has 0 aromatic carbocycles. The molecule has 56 valence electrons. The Morgan fingerprint density at radius 3 is 2.73 bits per heavy atom. The van der Waals surface area contributed by atoms with Gasteiger partial charge in [-0.3, -0.25) is 4.98 Å². The van der Waals surface area contributed by atoms with Gasteiger partial charge in [0, 0.05) is 21.8 Å². The van der Waals surface area contributed by atoms with Crippen molar-refractivity contribution in [3.8, 4) is 0 Å². The van der Waals surface area contributed by atoms with Crippen LogP contribution in [0.1, 0.15) is 12.5 Å². The van der Waals surface area contributed by atoms with Crippen LogP contribution in [-0.2, 0) is 0 Å². The molecule has 1 aromatic heterocycles. The minimum atomic E-state index is 1.02. The first kappa shape index (κ1) is 8.53. The standard InChI is InChI=1S/C8H9BBrN/c1-5(2)7-6(10)3-4-11-8(7)9/h3-4H,1,9H2,2H3. The molecule has 0 bridgehead atoms. The minimum absolute atomic E-state index is 1.02. The van der Waals surface area contributed by atoms with Crippen LogP contribution in [0.5, 0.6) is 0 Å². The smallest absolute Gasteiger partial charge is 0.164 e. The molecule has 0 N–H and O–H groups in total. The maximum absolute atomic E-state index is 4.17. The minimum Gasteiger partial charge on any atom is -0.271 e. The molecule has 0 saturated heterocycles. The summed E-state index contributed by atoms with van der Waals surface area (Å²) in [5.41, 5.74) is 3.18. The van der Waals surface area contributed by atoms with E-state index in [1.165, 1.54) is 0 Å². The van der Waals surface area contributed by atoms with Crippen LogP contribution >= 0.6 is 15.9 Å².